The van der Waals surface area contributed by atoms with Gasteiger partial charge in [0.25, 0.3) is 0 Å². The second kappa shape index (κ2) is 61.0. The molecule has 0 spiro atoms. The van der Waals surface area contributed by atoms with E-state index in [2.05, 4.69) is 13.5 Å². The Hall–Kier alpha value is 0.244. The normalized spacial score (nSPS) is 2.00. The molecule has 0 aliphatic carbocycles. The van der Waals surface area contributed by atoms with Crippen LogP contribution in [0.2, 0.25) is 0 Å². The quantitative estimate of drug-likeness (QED) is 0.349. The van der Waals surface area contributed by atoms with Crippen molar-refractivity contribution in [2.24, 2.45) is 0 Å². The third kappa shape index (κ3) is 749. The molecule has 0 saturated carbocycles. The zero-order valence-electron chi connectivity index (χ0n) is 3.65. The molecule has 3 heteroatoms. The van der Waals surface area contributed by atoms with Gasteiger partial charge >= 0.3 is 21.7 Å². The average molecular weight is 121 g/mol. The predicted molar refractivity (Wildman–Crippen MR) is 26.1 cm³/mol. The molecule has 0 fully saturated rings. The van der Waals surface area contributed by atoms with E-state index in [1.54, 1.807) is 0 Å². The van der Waals surface area contributed by atoms with Crippen molar-refractivity contribution in [3.05, 3.63) is 31.9 Å². The molecule has 0 amide bonds. The summed E-state index contributed by atoms with van der Waals surface area (Å²) >= 11 is 0. The molecule has 0 aromatic carbocycles. The van der Waals surface area contributed by atoms with Gasteiger partial charge in [-0.05, 0) is 0 Å². The van der Waals surface area contributed by atoms with Gasteiger partial charge < -0.3 is 12.3 Å². The van der Waals surface area contributed by atoms with E-state index in [1.165, 1.54) is 6.08 Å². The Bertz CT molecular complexity index is 16.3. The SMILES string of the molecule is C=C[CH2-].[NH2-].[NH2-].[Ti+3]. The first-order valence-electron chi connectivity index (χ1n) is 0.816. The maximum atomic E-state index is 3.25. The van der Waals surface area contributed by atoms with Crippen LogP contribution in [0.25, 0.3) is 12.3 Å². The van der Waals surface area contributed by atoms with Crippen molar-refractivity contribution in [3.63, 3.8) is 0 Å². The van der Waals surface area contributed by atoms with E-state index in [1.807, 2.05) is 0 Å². The smallest absolute Gasteiger partial charge is 0.693 e. The molecule has 0 saturated heterocycles. The second-order valence-electron chi connectivity index (χ2n) is 0.289. The minimum Gasteiger partial charge on any atom is -0.693 e. The molecule has 2 nitrogen and oxygen atoms in total. The average Bonchev–Trinajstić information content (AvgIpc) is 0.918. The number of allylic oxidation sites excluding steroid dienone is 1. The van der Waals surface area contributed by atoms with E-state index in [0.29, 0.717) is 0 Å². The Balaban J connectivity index is -0.00000000667. The second-order valence-corrected chi connectivity index (χ2v) is 0.289. The summed E-state index contributed by atoms with van der Waals surface area (Å²) in [6.45, 7) is 6.50. The Kier molecular flexibility index (Phi) is 347. The summed E-state index contributed by atoms with van der Waals surface area (Å²) in [6, 6.07) is 0. The van der Waals surface area contributed by atoms with Crippen LogP contribution < -0.4 is 0 Å². The van der Waals surface area contributed by atoms with Crippen LogP contribution in [-0.4, -0.2) is 0 Å². The summed E-state index contributed by atoms with van der Waals surface area (Å²) in [5.74, 6) is 0. The number of hydrogen-bond acceptors (Lipinski definition) is 0. The van der Waals surface area contributed by atoms with Crippen LogP contribution in [0.1, 0.15) is 0 Å². The van der Waals surface area contributed by atoms with Gasteiger partial charge in [0, 0.05) is 0 Å². The van der Waals surface area contributed by atoms with Crippen LogP contribution in [0.5, 0.6) is 0 Å². The molecule has 0 atom stereocenters. The fourth-order valence-corrected chi connectivity index (χ4v) is 0. The van der Waals surface area contributed by atoms with Gasteiger partial charge in [0.1, 0.15) is 0 Å². The summed E-state index contributed by atoms with van der Waals surface area (Å²) in [5.41, 5.74) is 0. The monoisotopic (exact) mass is 121 g/mol. The van der Waals surface area contributed by atoms with Crippen LogP contribution in [0.4, 0.5) is 0 Å². The predicted octanol–water partition coefficient (Wildman–Crippen LogP) is 2.44. The maximum absolute atomic E-state index is 3.25. The van der Waals surface area contributed by atoms with Crippen LogP contribution in [0, 0.1) is 6.92 Å². The number of nitrogens with two attached hydrogens (primary N) is 2. The molecular formula is C3H9N2Ti. The Labute approximate surface area is 54.1 Å². The number of hydrogen-bond donors (Lipinski definition) is 0. The van der Waals surface area contributed by atoms with E-state index in [-0.39, 0.29) is 34.0 Å². The molecule has 35 valence electrons. The summed E-state index contributed by atoms with van der Waals surface area (Å²) in [4.78, 5) is 0. The van der Waals surface area contributed by atoms with Gasteiger partial charge in [-0.2, -0.15) is 0 Å². The van der Waals surface area contributed by atoms with Crippen molar-refractivity contribution in [2.45, 2.75) is 0 Å². The third-order valence-corrected chi connectivity index (χ3v) is 0. The van der Waals surface area contributed by atoms with Crippen molar-refractivity contribution in [1.29, 1.82) is 0 Å². The van der Waals surface area contributed by atoms with E-state index >= 15 is 0 Å². The van der Waals surface area contributed by atoms with Gasteiger partial charge in [-0.15, -0.1) is 0 Å². The molecule has 0 unspecified atom stereocenters. The molecule has 0 aromatic heterocycles. The standard InChI is InChI=1S/C3H5.2H2N.Ti/c1-3-2;;;/h3H,1-2H2;2*1H2;/q3*-1;+3. The Morgan fingerprint density at radius 3 is 1.33 bits per heavy atom. The van der Waals surface area contributed by atoms with Gasteiger partial charge in [-0.25, -0.2) is 19.6 Å². The molecule has 0 bridgehead atoms. The zero-order valence-corrected chi connectivity index (χ0v) is 5.21. The van der Waals surface area contributed by atoms with Gasteiger partial charge in [0.15, 0.2) is 0 Å². The molecule has 0 heterocycles. The van der Waals surface area contributed by atoms with Crippen molar-refractivity contribution < 1.29 is 21.7 Å². The molecule has 0 aliphatic rings. The minimum absolute atomic E-state index is 0. The Morgan fingerprint density at radius 2 is 1.33 bits per heavy atom. The molecule has 4 N–H and O–H groups in total. The zero-order chi connectivity index (χ0) is 2.71. The van der Waals surface area contributed by atoms with Crippen molar-refractivity contribution in [2.75, 3.05) is 0 Å². The minimum atomic E-state index is 0. The summed E-state index contributed by atoms with van der Waals surface area (Å²) < 4.78 is 0. The summed E-state index contributed by atoms with van der Waals surface area (Å²) in [6.07, 6.45) is 1.50. The van der Waals surface area contributed by atoms with Crippen molar-refractivity contribution in [1.82, 2.24) is 0 Å². The largest absolute Gasteiger partial charge is 3.00 e. The first-order valence-corrected chi connectivity index (χ1v) is 0.816. The van der Waals surface area contributed by atoms with E-state index in [9.17, 15) is 0 Å². The van der Waals surface area contributed by atoms with Gasteiger partial charge in [0.2, 0.25) is 0 Å². The van der Waals surface area contributed by atoms with E-state index in [4.69, 9.17) is 0 Å². The fourth-order valence-electron chi connectivity index (χ4n) is 0. The molecule has 0 rings (SSSR count). The fraction of sp³-hybridized carbons (Fsp3) is 0. The molecule has 0 aliphatic heterocycles. The van der Waals surface area contributed by atoms with Crippen LogP contribution in [0.15, 0.2) is 12.7 Å². The molecule has 0 aromatic rings. The molecule has 1 radical (unpaired) electrons. The van der Waals surface area contributed by atoms with Crippen LogP contribution in [0.3, 0.4) is 0 Å². The van der Waals surface area contributed by atoms with Crippen LogP contribution in [-0.2, 0) is 21.7 Å². The van der Waals surface area contributed by atoms with Crippen LogP contribution >= 0.6 is 0 Å². The summed E-state index contributed by atoms with van der Waals surface area (Å²) in [5, 5.41) is 0. The first-order chi connectivity index (χ1) is 1.41. The first kappa shape index (κ1) is 34.1. The van der Waals surface area contributed by atoms with Crippen molar-refractivity contribution in [3.8, 4) is 0 Å². The van der Waals surface area contributed by atoms with Gasteiger partial charge in [-0.1, -0.05) is 0 Å². The van der Waals surface area contributed by atoms with E-state index in [0.717, 1.165) is 0 Å². The third-order valence-electron chi connectivity index (χ3n) is 0. The Morgan fingerprint density at radius 1 is 1.33 bits per heavy atom. The van der Waals surface area contributed by atoms with Gasteiger partial charge in [0.05, 0.1) is 0 Å². The maximum Gasteiger partial charge on any atom is 3.00 e. The van der Waals surface area contributed by atoms with Crippen molar-refractivity contribution >= 4 is 0 Å². The molecular weight excluding hydrogens is 112 g/mol. The summed E-state index contributed by atoms with van der Waals surface area (Å²) in [7, 11) is 0. The molecule has 6 heavy (non-hydrogen) atoms. The van der Waals surface area contributed by atoms with Gasteiger partial charge in [-0.3, -0.25) is 0 Å². The van der Waals surface area contributed by atoms with E-state index < -0.39 is 0 Å². The topological polar surface area (TPSA) is 67.0 Å². The number of rotatable bonds is 0.